The summed E-state index contributed by atoms with van der Waals surface area (Å²) in [5, 5.41) is 0. The number of aromatic amines is 1. The van der Waals surface area contributed by atoms with Crippen molar-refractivity contribution in [3.63, 3.8) is 0 Å². The lowest BCUT2D eigenvalue weighted by atomic mass is 10.1. The molecule has 0 unspecified atom stereocenters. The van der Waals surface area contributed by atoms with Crippen LogP contribution in [0.2, 0.25) is 0 Å². The van der Waals surface area contributed by atoms with Crippen molar-refractivity contribution < 1.29 is 0 Å². The van der Waals surface area contributed by atoms with Crippen molar-refractivity contribution in [2.45, 2.75) is 26.3 Å². The highest BCUT2D eigenvalue weighted by Gasteiger charge is 2.10. The van der Waals surface area contributed by atoms with Crippen molar-refractivity contribution in [1.29, 1.82) is 0 Å². The van der Waals surface area contributed by atoms with E-state index in [4.69, 9.17) is 5.73 Å². The van der Waals surface area contributed by atoms with Crippen molar-refractivity contribution in [2.75, 3.05) is 0 Å². The molecular formula is C10H14N4. The van der Waals surface area contributed by atoms with Gasteiger partial charge in [0.2, 0.25) is 0 Å². The first-order valence-corrected chi connectivity index (χ1v) is 4.75. The molecule has 2 aromatic rings. The summed E-state index contributed by atoms with van der Waals surface area (Å²) in [6.45, 7) is 4.68. The monoisotopic (exact) mass is 190 g/mol. The predicted octanol–water partition coefficient (Wildman–Crippen LogP) is 1.54. The van der Waals surface area contributed by atoms with Crippen LogP contribution in [0.1, 0.15) is 31.2 Å². The van der Waals surface area contributed by atoms with E-state index in [1.165, 1.54) is 0 Å². The predicted molar refractivity (Wildman–Crippen MR) is 55.9 cm³/mol. The molecule has 0 aliphatic rings. The Hall–Kier alpha value is -1.42. The van der Waals surface area contributed by atoms with Crippen LogP contribution in [0, 0.1) is 0 Å². The summed E-state index contributed by atoms with van der Waals surface area (Å²) in [5.41, 5.74) is 9.48. The summed E-state index contributed by atoms with van der Waals surface area (Å²) in [6, 6.07) is 1.95. The van der Waals surface area contributed by atoms with Crippen LogP contribution >= 0.6 is 0 Å². The van der Waals surface area contributed by atoms with Gasteiger partial charge in [-0.2, -0.15) is 0 Å². The van der Waals surface area contributed by atoms with Crippen molar-refractivity contribution in [2.24, 2.45) is 5.73 Å². The Kier molecular flexibility index (Phi) is 2.21. The molecule has 2 heterocycles. The number of aromatic nitrogens is 3. The van der Waals surface area contributed by atoms with Crippen molar-refractivity contribution in [3.8, 4) is 0 Å². The van der Waals surface area contributed by atoms with Gasteiger partial charge in [-0.3, -0.25) is 4.98 Å². The fourth-order valence-corrected chi connectivity index (χ4v) is 1.53. The summed E-state index contributed by atoms with van der Waals surface area (Å²) in [5.74, 6) is 0.368. The van der Waals surface area contributed by atoms with Gasteiger partial charge in [0.25, 0.3) is 0 Å². The molecule has 74 valence electrons. The third-order valence-corrected chi connectivity index (χ3v) is 2.24. The number of rotatable bonds is 2. The number of nitrogens with two attached hydrogens (primary N) is 1. The number of hydrogen-bond donors (Lipinski definition) is 2. The molecule has 0 aliphatic heterocycles. The van der Waals surface area contributed by atoms with Crippen molar-refractivity contribution >= 4 is 11.0 Å². The fraction of sp³-hybridized carbons (Fsp3) is 0.400. The molecule has 0 spiro atoms. The van der Waals surface area contributed by atoms with Gasteiger partial charge in [0.1, 0.15) is 5.52 Å². The Morgan fingerprint density at radius 1 is 1.50 bits per heavy atom. The molecule has 0 aromatic carbocycles. The lowest BCUT2D eigenvalue weighted by Gasteiger charge is -2.07. The molecule has 0 amide bonds. The first-order chi connectivity index (χ1) is 6.72. The Bertz CT molecular complexity index is 444. The lowest BCUT2D eigenvalue weighted by Crippen LogP contribution is -2.04. The van der Waals surface area contributed by atoms with E-state index in [2.05, 4.69) is 28.8 Å². The van der Waals surface area contributed by atoms with Gasteiger partial charge in [-0.15, -0.1) is 0 Å². The maximum Gasteiger partial charge on any atom is 0.110 e. The molecule has 4 nitrogen and oxygen atoms in total. The number of hydrogen-bond acceptors (Lipinski definition) is 3. The molecule has 4 heteroatoms. The topological polar surface area (TPSA) is 67.6 Å². The summed E-state index contributed by atoms with van der Waals surface area (Å²) in [6.07, 6.45) is 1.69. The van der Waals surface area contributed by atoms with E-state index in [0.717, 1.165) is 22.4 Å². The van der Waals surface area contributed by atoms with Gasteiger partial charge in [0, 0.05) is 6.54 Å². The summed E-state index contributed by atoms with van der Waals surface area (Å²) in [4.78, 5) is 11.8. The lowest BCUT2D eigenvalue weighted by molar-refractivity contribution is 0.813. The SMILES string of the molecule is CC(C)c1nc(CN)cc2[nH]cnc12. The Balaban J connectivity index is 2.70. The van der Waals surface area contributed by atoms with Crippen LogP contribution in [0.25, 0.3) is 11.0 Å². The van der Waals surface area contributed by atoms with E-state index in [1.807, 2.05) is 6.07 Å². The number of imidazole rings is 1. The molecule has 14 heavy (non-hydrogen) atoms. The molecule has 0 atom stereocenters. The van der Waals surface area contributed by atoms with Crippen LogP contribution in [-0.2, 0) is 6.54 Å². The molecule has 0 bridgehead atoms. The summed E-state index contributed by atoms with van der Waals surface area (Å²) < 4.78 is 0. The van der Waals surface area contributed by atoms with E-state index in [9.17, 15) is 0 Å². The zero-order valence-electron chi connectivity index (χ0n) is 8.41. The molecular weight excluding hydrogens is 176 g/mol. The second kappa shape index (κ2) is 3.38. The molecule has 0 aliphatic carbocycles. The second-order valence-electron chi connectivity index (χ2n) is 3.66. The zero-order chi connectivity index (χ0) is 10.1. The molecule has 0 radical (unpaired) electrons. The minimum absolute atomic E-state index is 0.368. The van der Waals surface area contributed by atoms with Crippen LogP contribution in [0.15, 0.2) is 12.4 Å². The maximum absolute atomic E-state index is 5.58. The van der Waals surface area contributed by atoms with Crippen LogP contribution in [0.4, 0.5) is 0 Å². The first-order valence-electron chi connectivity index (χ1n) is 4.75. The number of nitrogens with one attached hydrogen (secondary N) is 1. The van der Waals surface area contributed by atoms with Gasteiger partial charge < -0.3 is 10.7 Å². The van der Waals surface area contributed by atoms with Crippen LogP contribution < -0.4 is 5.73 Å². The third-order valence-electron chi connectivity index (χ3n) is 2.24. The fourth-order valence-electron chi connectivity index (χ4n) is 1.53. The van der Waals surface area contributed by atoms with E-state index < -0.39 is 0 Å². The summed E-state index contributed by atoms with van der Waals surface area (Å²) in [7, 11) is 0. The van der Waals surface area contributed by atoms with Gasteiger partial charge in [0.15, 0.2) is 0 Å². The number of pyridine rings is 1. The van der Waals surface area contributed by atoms with Gasteiger partial charge in [-0.25, -0.2) is 4.98 Å². The minimum Gasteiger partial charge on any atom is -0.344 e. The number of fused-ring (bicyclic) bond motifs is 1. The number of H-pyrrole nitrogens is 1. The highest BCUT2D eigenvalue weighted by Crippen LogP contribution is 2.21. The Morgan fingerprint density at radius 2 is 2.29 bits per heavy atom. The van der Waals surface area contributed by atoms with Gasteiger partial charge in [0.05, 0.1) is 23.2 Å². The standard InChI is InChI=1S/C10H14N4/c1-6(2)9-10-8(12-5-13-10)3-7(4-11)14-9/h3,5-6H,4,11H2,1-2H3,(H,12,13). The normalized spacial score (nSPS) is 11.4. The second-order valence-corrected chi connectivity index (χ2v) is 3.66. The zero-order valence-corrected chi connectivity index (χ0v) is 8.41. The molecule has 0 fully saturated rings. The molecule has 0 saturated heterocycles. The van der Waals surface area contributed by atoms with E-state index in [-0.39, 0.29) is 0 Å². The quantitative estimate of drug-likeness (QED) is 0.754. The van der Waals surface area contributed by atoms with Crippen molar-refractivity contribution in [3.05, 3.63) is 23.8 Å². The Labute approximate surface area is 82.6 Å². The van der Waals surface area contributed by atoms with E-state index in [1.54, 1.807) is 6.33 Å². The largest absolute Gasteiger partial charge is 0.344 e. The molecule has 2 rings (SSSR count). The Morgan fingerprint density at radius 3 is 2.93 bits per heavy atom. The van der Waals surface area contributed by atoms with Crippen LogP contribution in [0.3, 0.4) is 0 Å². The van der Waals surface area contributed by atoms with Gasteiger partial charge in [-0.05, 0) is 12.0 Å². The van der Waals surface area contributed by atoms with Crippen LogP contribution in [0.5, 0.6) is 0 Å². The van der Waals surface area contributed by atoms with E-state index in [0.29, 0.717) is 12.5 Å². The smallest absolute Gasteiger partial charge is 0.110 e. The van der Waals surface area contributed by atoms with E-state index >= 15 is 0 Å². The minimum atomic E-state index is 0.368. The average Bonchev–Trinajstić information content (AvgIpc) is 2.63. The molecule has 0 saturated carbocycles. The first kappa shape index (κ1) is 9.15. The third kappa shape index (κ3) is 1.37. The maximum atomic E-state index is 5.58. The van der Waals surface area contributed by atoms with Gasteiger partial charge >= 0.3 is 0 Å². The highest BCUT2D eigenvalue weighted by molar-refractivity contribution is 5.77. The molecule has 3 N–H and O–H groups in total. The average molecular weight is 190 g/mol. The number of nitrogens with zero attached hydrogens (tertiary/aromatic N) is 2. The summed E-state index contributed by atoms with van der Waals surface area (Å²) >= 11 is 0. The van der Waals surface area contributed by atoms with Crippen molar-refractivity contribution in [1.82, 2.24) is 15.0 Å². The van der Waals surface area contributed by atoms with Crippen LogP contribution in [-0.4, -0.2) is 15.0 Å². The molecule has 2 aromatic heterocycles. The highest BCUT2D eigenvalue weighted by atomic mass is 14.9. The van der Waals surface area contributed by atoms with Gasteiger partial charge in [-0.1, -0.05) is 13.8 Å².